The number of nitrogens with zero attached hydrogens (tertiary/aromatic N) is 2. The van der Waals surface area contributed by atoms with Crippen molar-refractivity contribution in [3.63, 3.8) is 0 Å². The average Bonchev–Trinajstić information content (AvgIpc) is 3.43. The Morgan fingerprint density at radius 2 is 2.17 bits per heavy atom. The fourth-order valence-electron chi connectivity index (χ4n) is 3.75. The summed E-state index contributed by atoms with van der Waals surface area (Å²) in [6.45, 7) is 1.49. The SMILES string of the molecule is COc1ccc([N+](=O)[O-])cc1NC(=O)CCN1CCc2sccc2C1c1cccs1. The van der Waals surface area contributed by atoms with Crippen LogP contribution >= 0.6 is 22.7 Å². The zero-order valence-corrected chi connectivity index (χ0v) is 18.0. The minimum Gasteiger partial charge on any atom is -0.495 e. The Kier molecular flexibility index (Phi) is 6.12. The van der Waals surface area contributed by atoms with Crippen LogP contribution in [0.5, 0.6) is 5.75 Å². The summed E-state index contributed by atoms with van der Waals surface area (Å²) in [5.74, 6) is 0.196. The number of fused-ring (bicyclic) bond motifs is 1. The third kappa shape index (κ3) is 4.23. The fraction of sp³-hybridized carbons (Fsp3) is 0.286. The van der Waals surface area contributed by atoms with Crippen molar-refractivity contribution in [3.05, 3.63) is 72.6 Å². The Labute approximate surface area is 182 Å². The van der Waals surface area contributed by atoms with E-state index in [4.69, 9.17) is 4.74 Å². The monoisotopic (exact) mass is 443 g/mol. The molecule has 3 aromatic rings. The van der Waals surface area contributed by atoms with Crippen LogP contribution in [-0.2, 0) is 11.2 Å². The first-order valence-corrected chi connectivity index (χ1v) is 11.3. The number of hydrogen-bond donors (Lipinski definition) is 1. The normalized spacial score (nSPS) is 16.1. The van der Waals surface area contributed by atoms with Crippen molar-refractivity contribution in [2.75, 3.05) is 25.5 Å². The average molecular weight is 444 g/mol. The van der Waals surface area contributed by atoms with Crippen molar-refractivity contribution in [2.45, 2.75) is 18.9 Å². The number of rotatable bonds is 7. The van der Waals surface area contributed by atoms with Crippen LogP contribution < -0.4 is 10.1 Å². The van der Waals surface area contributed by atoms with Gasteiger partial charge in [0.05, 0.1) is 23.8 Å². The van der Waals surface area contributed by atoms with E-state index < -0.39 is 4.92 Å². The Morgan fingerprint density at radius 3 is 2.90 bits per heavy atom. The van der Waals surface area contributed by atoms with Gasteiger partial charge >= 0.3 is 0 Å². The first-order valence-electron chi connectivity index (χ1n) is 9.53. The highest BCUT2D eigenvalue weighted by atomic mass is 32.1. The summed E-state index contributed by atoms with van der Waals surface area (Å²) in [4.78, 5) is 28.2. The van der Waals surface area contributed by atoms with E-state index in [0.29, 0.717) is 18.0 Å². The van der Waals surface area contributed by atoms with Gasteiger partial charge in [0, 0.05) is 41.4 Å². The Bertz CT molecular complexity index is 1050. The number of benzene rings is 1. The van der Waals surface area contributed by atoms with Gasteiger partial charge in [-0.25, -0.2) is 0 Å². The molecule has 1 aromatic carbocycles. The lowest BCUT2D eigenvalue weighted by Gasteiger charge is -2.35. The number of ether oxygens (including phenoxy) is 1. The smallest absolute Gasteiger partial charge is 0.271 e. The molecular formula is C21H21N3O4S2. The first kappa shape index (κ1) is 20.5. The van der Waals surface area contributed by atoms with E-state index in [1.54, 1.807) is 22.7 Å². The number of thiophene rings is 2. The van der Waals surface area contributed by atoms with E-state index in [2.05, 4.69) is 39.2 Å². The van der Waals surface area contributed by atoms with Crippen LogP contribution in [-0.4, -0.2) is 35.9 Å². The molecule has 1 N–H and O–H groups in total. The van der Waals surface area contributed by atoms with Gasteiger partial charge in [-0.2, -0.15) is 0 Å². The zero-order valence-electron chi connectivity index (χ0n) is 16.4. The molecule has 30 heavy (non-hydrogen) atoms. The summed E-state index contributed by atoms with van der Waals surface area (Å²) in [5, 5.41) is 18.0. The maximum absolute atomic E-state index is 12.6. The molecule has 0 saturated heterocycles. The number of amides is 1. The van der Waals surface area contributed by atoms with Crippen LogP contribution in [0.25, 0.3) is 0 Å². The molecule has 4 rings (SSSR count). The van der Waals surface area contributed by atoms with Gasteiger partial charge in [0.25, 0.3) is 5.69 Å². The predicted octanol–water partition coefficient (Wildman–Crippen LogP) is 4.70. The van der Waals surface area contributed by atoms with Gasteiger partial charge in [0.15, 0.2) is 0 Å². The number of hydrogen-bond acceptors (Lipinski definition) is 7. The Hall–Kier alpha value is -2.75. The Morgan fingerprint density at radius 1 is 1.30 bits per heavy atom. The van der Waals surface area contributed by atoms with Gasteiger partial charge in [-0.1, -0.05) is 6.07 Å². The van der Waals surface area contributed by atoms with Gasteiger partial charge in [0.1, 0.15) is 5.75 Å². The van der Waals surface area contributed by atoms with Gasteiger partial charge in [0.2, 0.25) is 5.91 Å². The highest BCUT2D eigenvalue weighted by molar-refractivity contribution is 7.10. The predicted molar refractivity (Wildman–Crippen MR) is 119 cm³/mol. The molecule has 0 spiro atoms. The molecule has 0 fully saturated rings. The topological polar surface area (TPSA) is 84.7 Å². The van der Waals surface area contributed by atoms with Crippen molar-refractivity contribution >= 4 is 40.0 Å². The lowest BCUT2D eigenvalue weighted by molar-refractivity contribution is -0.384. The first-order chi connectivity index (χ1) is 14.6. The summed E-state index contributed by atoms with van der Waals surface area (Å²) in [6.07, 6.45) is 1.27. The van der Waals surface area contributed by atoms with Gasteiger partial charge in [-0.15, -0.1) is 22.7 Å². The number of non-ortho nitro benzene ring substituents is 1. The van der Waals surface area contributed by atoms with E-state index in [-0.39, 0.29) is 24.1 Å². The van der Waals surface area contributed by atoms with Crippen LogP contribution in [0.1, 0.15) is 27.8 Å². The minimum absolute atomic E-state index is 0.0927. The molecule has 0 saturated carbocycles. The highest BCUT2D eigenvalue weighted by Crippen LogP contribution is 2.39. The quantitative estimate of drug-likeness (QED) is 0.423. The Balaban J connectivity index is 1.46. The number of nitro groups is 1. The van der Waals surface area contributed by atoms with E-state index in [9.17, 15) is 14.9 Å². The molecule has 156 valence electrons. The molecule has 0 aliphatic carbocycles. The van der Waals surface area contributed by atoms with Crippen LogP contribution in [0.2, 0.25) is 0 Å². The molecule has 1 amide bonds. The highest BCUT2D eigenvalue weighted by Gasteiger charge is 2.30. The van der Waals surface area contributed by atoms with Crippen molar-refractivity contribution in [1.82, 2.24) is 4.90 Å². The lowest BCUT2D eigenvalue weighted by atomic mass is 9.98. The van der Waals surface area contributed by atoms with Crippen molar-refractivity contribution in [2.24, 2.45) is 0 Å². The molecule has 2 aromatic heterocycles. The second-order valence-electron chi connectivity index (χ2n) is 6.94. The van der Waals surface area contributed by atoms with E-state index >= 15 is 0 Å². The second kappa shape index (κ2) is 8.95. The third-order valence-electron chi connectivity index (χ3n) is 5.17. The zero-order chi connectivity index (χ0) is 21.1. The fourth-order valence-corrected chi connectivity index (χ4v) is 5.53. The number of carbonyl (C=O) groups is 1. The molecule has 1 unspecified atom stereocenters. The molecule has 7 nitrogen and oxygen atoms in total. The molecular weight excluding hydrogens is 422 g/mol. The molecule has 9 heteroatoms. The van der Waals surface area contributed by atoms with E-state index in [0.717, 1.165) is 13.0 Å². The van der Waals surface area contributed by atoms with Gasteiger partial charge < -0.3 is 10.1 Å². The van der Waals surface area contributed by atoms with E-state index in [1.807, 2.05) is 0 Å². The van der Waals surface area contributed by atoms with Crippen molar-refractivity contribution in [1.29, 1.82) is 0 Å². The molecule has 1 aliphatic heterocycles. The molecule has 1 atom stereocenters. The van der Waals surface area contributed by atoms with Crippen molar-refractivity contribution in [3.8, 4) is 5.75 Å². The minimum atomic E-state index is -0.493. The van der Waals surface area contributed by atoms with Gasteiger partial charge in [-0.05, 0) is 40.9 Å². The maximum Gasteiger partial charge on any atom is 0.271 e. The van der Waals surface area contributed by atoms with Crippen LogP contribution in [0.4, 0.5) is 11.4 Å². The lowest BCUT2D eigenvalue weighted by Crippen LogP contribution is -2.37. The largest absolute Gasteiger partial charge is 0.495 e. The number of carbonyl (C=O) groups excluding carboxylic acids is 1. The van der Waals surface area contributed by atoms with Crippen molar-refractivity contribution < 1.29 is 14.5 Å². The third-order valence-corrected chi connectivity index (χ3v) is 7.09. The van der Waals surface area contributed by atoms with Crippen LogP contribution in [0.15, 0.2) is 47.2 Å². The second-order valence-corrected chi connectivity index (χ2v) is 8.92. The molecule has 0 bridgehead atoms. The summed E-state index contributed by atoms with van der Waals surface area (Å²) >= 11 is 3.52. The number of methoxy groups -OCH3 is 1. The number of nitro benzene ring substituents is 1. The summed E-state index contributed by atoms with van der Waals surface area (Å²) < 4.78 is 5.23. The van der Waals surface area contributed by atoms with Gasteiger partial charge in [-0.3, -0.25) is 19.8 Å². The van der Waals surface area contributed by atoms with E-state index in [1.165, 1.54) is 40.6 Å². The van der Waals surface area contributed by atoms with Crippen LogP contribution in [0.3, 0.4) is 0 Å². The maximum atomic E-state index is 12.6. The standard InChI is InChI=1S/C21H21N3O4S2/c1-28-17-5-4-14(24(26)27)13-16(17)22-20(25)7-10-23-9-6-18-15(8-12-30-18)21(23)19-3-2-11-29-19/h2-5,8,11-13,21H,6-7,9-10H2,1H3,(H,22,25). The molecule has 1 aliphatic rings. The number of nitrogens with one attached hydrogen (secondary N) is 1. The summed E-state index contributed by atoms with van der Waals surface area (Å²) in [6, 6.07) is 10.7. The van der Waals surface area contributed by atoms with Crippen LogP contribution in [0, 0.1) is 10.1 Å². The summed E-state index contributed by atoms with van der Waals surface area (Å²) in [5.41, 5.74) is 1.55. The number of anilines is 1. The molecule has 0 radical (unpaired) electrons. The summed E-state index contributed by atoms with van der Waals surface area (Å²) in [7, 11) is 1.47. The molecule has 3 heterocycles.